The van der Waals surface area contributed by atoms with Gasteiger partial charge < -0.3 is 0 Å². The number of aromatic nitrogens is 4. The van der Waals surface area contributed by atoms with Gasteiger partial charge >= 0.3 is 0 Å². The maximum Gasteiger partial charge on any atom is 0.298 e. The number of nitro benzene ring substituents is 1. The zero-order valence-corrected chi connectivity index (χ0v) is 11.7. The van der Waals surface area contributed by atoms with Crippen LogP contribution in [0.1, 0.15) is 0 Å². The number of fused-ring (bicyclic) bond motifs is 3. The van der Waals surface area contributed by atoms with E-state index in [2.05, 4.69) is 20.2 Å². The van der Waals surface area contributed by atoms with E-state index >= 15 is 0 Å². The third-order valence-corrected chi connectivity index (χ3v) is 3.61. The molecule has 0 amide bonds. The molecule has 0 aliphatic carbocycles. The van der Waals surface area contributed by atoms with Crippen LogP contribution in [-0.4, -0.2) is 25.1 Å². The van der Waals surface area contributed by atoms with E-state index in [-0.39, 0.29) is 11.2 Å². The summed E-state index contributed by atoms with van der Waals surface area (Å²) in [6.45, 7) is 0. The standard InChI is InChI=1S/C16H9N5O2/c22-21(23)13-8-11-14(10-4-2-1-3-5-10)17-6-7-18-15(11)12-9-19-20-16(12)13/h1-9H. The summed E-state index contributed by atoms with van der Waals surface area (Å²) in [4.78, 5) is 19.7. The van der Waals surface area contributed by atoms with E-state index in [1.54, 1.807) is 12.4 Å². The Kier molecular flexibility index (Phi) is 2.90. The minimum absolute atomic E-state index is 0.100. The Morgan fingerprint density at radius 1 is 0.957 bits per heavy atom. The third-order valence-electron chi connectivity index (χ3n) is 3.61. The van der Waals surface area contributed by atoms with Gasteiger partial charge in [0.15, 0.2) is 5.52 Å². The molecule has 7 nitrogen and oxygen atoms in total. The van der Waals surface area contributed by atoms with E-state index in [0.717, 1.165) is 5.56 Å². The smallest absolute Gasteiger partial charge is 0.258 e. The first-order valence-corrected chi connectivity index (χ1v) is 6.84. The fraction of sp³-hybridized carbons (Fsp3) is 0. The average molecular weight is 303 g/mol. The Labute approximate surface area is 129 Å². The van der Waals surface area contributed by atoms with E-state index in [1.165, 1.54) is 12.3 Å². The molecule has 2 heterocycles. The molecule has 0 fully saturated rings. The van der Waals surface area contributed by atoms with Crippen LogP contribution in [0.15, 0.2) is 55.0 Å². The highest BCUT2D eigenvalue weighted by atomic mass is 16.6. The van der Waals surface area contributed by atoms with Crippen LogP contribution >= 0.6 is 0 Å². The van der Waals surface area contributed by atoms with E-state index in [4.69, 9.17) is 0 Å². The number of benzene rings is 2. The molecule has 0 bridgehead atoms. The fourth-order valence-electron chi connectivity index (χ4n) is 2.61. The Morgan fingerprint density at radius 2 is 1.74 bits per heavy atom. The summed E-state index contributed by atoms with van der Waals surface area (Å²) in [6.07, 6.45) is 4.63. The van der Waals surface area contributed by atoms with E-state index in [9.17, 15) is 10.1 Å². The summed E-state index contributed by atoms with van der Waals surface area (Å²) < 4.78 is 0. The number of hydrogen-bond acceptors (Lipinski definition) is 6. The van der Waals surface area contributed by atoms with Gasteiger partial charge in [-0.25, -0.2) is 0 Å². The Balaban J connectivity index is 2.21. The van der Waals surface area contributed by atoms with Crippen molar-refractivity contribution in [2.24, 2.45) is 0 Å². The molecular weight excluding hydrogens is 294 g/mol. The topological polar surface area (TPSA) is 94.7 Å². The third kappa shape index (κ3) is 2.06. The number of nitro groups is 1. The normalized spacial score (nSPS) is 11.0. The second kappa shape index (κ2) is 5.06. The first-order valence-electron chi connectivity index (χ1n) is 6.84. The van der Waals surface area contributed by atoms with Gasteiger partial charge in [0, 0.05) is 29.4 Å². The van der Waals surface area contributed by atoms with Crippen LogP contribution in [0, 0.1) is 10.1 Å². The van der Waals surface area contributed by atoms with Crippen molar-refractivity contribution in [2.75, 3.05) is 0 Å². The molecule has 4 rings (SSSR count). The van der Waals surface area contributed by atoms with Crippen molar-refractivity contribution < 1.29 is 4.92 Å². The van der Waals surface area contributed by atoms with Crippen LogP contribution in [0.5, 0.6) is 0 Å². The molecule has 23 heavy (non-hydrogen) atoms. The zero-order valence-electron chi connectivity index (χ0n) is 11.7. The highest BCUT2D eigenvalue weighted by Gasteiger charge is 2.20. The average Bonchev–Trinajstić information content (AvgIpc) is 2.95. The second-order valence-corrected chi connectivity index (χ2v) is 4.93. The predicted octanol–water partition coefficient (Wildman–Crippen LogP) is 3.15. The first-order chi connectivity index (χ1) is 11.3. The lowest BCUT2D eigenvalue weighted by Crippen LogP contribution is -1.91. The highest BCUT2D eigenvalue weighted by molar-refractivity contribution is 6.11. The van der Waals surface area contributed by atoms with Gasteiger partial charge in [-0.2, -0.15) is 5.10 Å². The predicted molar refractivity (Wildman–Crippen MR) is 84.7 cm³/mol. The fourth-order valence-corrected chi connectivity index (χ4v) is 2.61. The van der Waals surface area contributed by atoms with Gasteiger partial charge in [0.2, 0.25) is 0 Å². The van der Waals surface area contributed by atoms with Crippen molar-refractivity contribution in [1.82, 2.24) is 20.2 Å². The Hall–Kier alpha value is -3.48. The van der Waals surface area contributed by atoms with Crippen molar-refractivity contribution in [3.8, 4) is 11.3 Å². The van der Waals surface area contributed by atoms with E-state index in [1.807, 2.05) is 30.3 Å². The zero-order chi connectivity index (χ0) is 15.8. The lowest BCUT2D eigenvalue weighted by atomic mass is 10.0. The highest BCUT2D eigenvalue weighted by Crippen LogP contribution is 2.34. The molecule has 2 aromatic heterocycles. The minimum Gasteiger partial charge on any atom is -0.258 e. The van der Waals surface area contributed by atoms with Crippen LogP contribution in [-0.2, 0) is 0 Å². The molecule has 0 saturated heterocycles. The lowest BCUT2D eigenvalue weighted by Gasteiger charge is -2.02. The Bertz CT molecular complexity index is 1050. The maximum atomic E-state index is 11.4. The number of nitrogens with zero attached hydrogens (tertiary/aromatic N) is 5. The van der Waals surface area contributed by atoms with Gasteiger partial charge in [-0.3, -0.25) is 20.1 Å². The molecule has 2 aromatic carbocycles. The molecule has 0 unspecified atom stereocenters. The quantitative estimate of drug-likeness (QED) is 0.417. The largest absolute Gasteiger partial charge is 0.298 e. The van der Waals surface area contributed by atoms with Crippen LogP contribution in [0.4, 0.5) is 5.69 Å². The summed E-state index contributed by atoms with van der Waals surface area (Å²) in [5.41, 5.74) is 2.21. The van der Waals surface area contributed by atoms with Crippen LogP contribution in [0.3, 0.4) is 0 Å². The van der Waals surface area contributed by atoms with Gasteiger partial charge in [0.1, 0.15) is 0 Å². The van der Waals surface area contributed by atoms with Crippen LogP contribution in [0.25, 0.3) is 33.1 Å². The van der Waals surface area contributed by atoms with E-state index in [0.29, 0.717) is 22.0 Å². The number of rotatable bonds is 2. The number of hydrogen-bond donors (Lipinski definition) is 0. The summed E-state index contributed by atoms with van der Waals surface area (Å²) in [5.74, 6) is 0. The summed E-state index contributed by atoms with van der Waals surface area (Å²) in [7, 11) is 0. The van der Waals surface area contributed by atoms with Gasteiger partial charge in [-0.1, -0.05) is 30.3 Å². The van der Waals surface area contributed by atoms with Gasteiger partial charge in [-0.15, -0.1) is 5.10 Å². The molecule has 0 N–H and O–H groups in total. The number of non-ortho nitro benzene ring substituents is 1. The molecule has 7 heteroatoms. The molecule has 0 aliphatic rings. The molecule has 4 aromatic rings. The second-order valence-electron chi connectivity index (χ2n) is 4.93. The maximum absolute atomic E-state index is 11.4. The van der Waals surface area contributed by atoms with Crippen LogP contribution < -0.4 is 0 Å². The molecule has 0 spiro atoms. The van der Waals surface area contributed by atoms with Gasteiger partial charge in [0.25, 0.3) is 5.69 Å². The van der Waals surface area contributed by atoms with Crippen molar-refractivity contribution in [3.05, 3.63) is 65.1 Å². The van der Waals surface area contributed by atoms with Crippen molar-refractivity contribution in [3.63, 3.8) is 0 Å². The lowest BCUT2D eigenvalue weighted by molar-refractivity contribution is -0.383. The summed E-state index contributed by atoms with van der Waals surface area (Å²) >= 11 is 0. The van der Waals surface area contributed by atoms with E-state index < -0.39 is 4.92 Å². The molecule has 0 aliphatic heterocycles. The SMILES string of the molecule is O=[N+]([O-])c1cc2c(-c3ccccc3)nccnc2c2cnnc12. The van der Waals surface area contributed by atoms with Crippen molar-refractivity contribution >= 4 is 27.5 Å². The van der Waals surface area contributed by atoms with Gasteiger partial charge in [-0.05, 0) is 0 Å². The summed E-state index contributed by atoms with van der Waals surface area (Å²) in [6, 6.07) is 11.0. The van der Waals surface area contributed by atoms with Crippen molar-refractivity contribution in [1.29, 1.82) is 0 Å². The molecular formula is C16H9N5O2. The molecule has 0 radical (unpaired) electrons. The first kappa shape index (κ1) is 13.2. The van der Waals surface area contributed by atoms with Gasteiger partial charge in [0.05, 0.1) is 27.7 Å². The monoisotopic (exact) mass is 303 g/mol. The molecule has 110 valence electrons. The molecule has 0 saturated carbocycles. The minimum atomic E-state index is -0.460. The summed E-state index contributed by atoms with van der Waals surface area (Å²) in [5, 5.41) is 20.2. The van der Waals surface area contributed by atoms with Crippen molar-refractivity contribution in [2.45, 2.75) is 0 Å². The van der Waals surface area contributed by atoms with Crippen LogP contribution in [0.2, 0.25) is 0 Å². The Morgan fingerprint density at radius 3 is 2.52 bits per heavy atom. The molecule has 0 atom stereocenters.